The van der Waals surface area contributed by atoms with Crippen molar-refractivity contribution in [1.29, 1.82) is 0 Å². The van der Waals surface area contributed by atoms with Crippen LogP contribution in [0.1, 0.15) is 22.3 Å². The van der Waals surface area contributed by atoms with E-state index in [1.807, 2.05) is 0 Å². The number of methoxy groups -OCH3 is 2. The van der Waals surface area contributed by atoms with E-state index >= 15 is 0 Å². The quantitative estimate of drug-likeness (QED) is 0.243. The van der Waals surface area contributed by atoms with Crippen LogP contribution in [0.25, 0.3) is 22.3 Å². The van der Waals surface area contributed by atoms with Gasteiger partial charge in [0.2, 0.25) is 0 Å². The number of benzene rings is 4. The monoisotopic (exact) mass is 609 g/mol. The van der Waals surface area contributed by atoms with Crippen molar-refractivity contribution < 1.29 is 55.2 Å². The molecule has 6 heteroatoms. The van der Waals surface area contributed by atoms with Crippen LogP contribution >= 0.6 is 0 Å². The summed E-state index contributed by atoms with van der Waals surface area (Å²) < 4.78 is 15.1. The predicted molar refractivity (Wildman–Crippen MR) is 141 cm³/mol. The van der Waals surface area contributed by atoms with Crippen molar-refractivity contribution in [3.63, 3.8) is 0 Å². The fourth-order valence-corrected chi connectivity index (χ4v) is 24.3. The van der Waals surface area contributed by atoms with E-state index in [0.29, 0.717) is 0 Å². The average Bonchev–Trinajstić information content (AvgIpc) is 3.44. The molecule has 0 fully saturated rings. The molecule has 0 atom stereocenters. The summed E-state index contributed by atoms with van der Waals surface area (Å²) in [6, 6.07) is 27.1. The van der Waals surface area contributed by atoms with Gasteiger partial charge in [-0.3, -0.25) is 0 Å². The van der Waals surface area contributed by atoms with Gasteiger partial charge in [0.25, 0.3) is 0 Å². The van der Waals surface area contributed by atoms with E-state index in [-0.39, 0.29) is 24.8 Å². The first-order chi connectivity index (χ1) is 16.6. The van der Waals surface area contributed by atoms with Gasteiger partial charge >= 0.3 is 212 Å². The summed E-state index contributed by atoms with van der Waals surface area (Å²) in [5, 5.41) is 0. The normalized spacial score (nSPS) is 12.0. The van der Waals surface area contributed by atoms with Crippen LogP contribution in [0.15, 0.2) is 72.8 Å². The summed E-state index contributed by atoms with van der Waals surface area (Å²) in [6.07, 6.45) is 2.06. The summed E-state index contributed by atoms with van der Waals surface area (Å²) in [6.45, 7) is 5.15. The molecule has 2 nitrogen and oxygen atoms in total. The standard InChI is InChI=1S/2C14H11O.C2H7Si.2ClH.Zr/c2*1-15-13-8-4-6-11-9-10-5-2-3-7-12(10)14(11)13;1-3-2;;;/h2*2-5,7-8H,9H2,1H3;3H,1-2H3;2*1H;/q;;;;;+2/p-2. The molecular formula is C30H29Cl2O2SiZr. The van der Waals surface area contributed by atoms with E-state index in [1.165, 1.54) is 44.5 Å². The fraction of sp³-hybridized carbons (Fsp3) is 0.200. The molecule has 0 aliphatic heterocycles. The molecule has 2 aliphatic rings. The van der Waals surface area contributed by atoms with Gasteiger partial charge in [-0.25, -0.2) is 0 Å². The van der Waals surface area contributed by atoms with E-state index in [9.17, 15) is 0 Å². The second kappa shape index (κ2) is 10.9. The maximum absolute atomic E-state index is 5.88. The maximum atomic E-state index is 5.88. The number of hydrogen-bond donors (Lipinski definition) is 0. The van der Waals surface area contributed by atoms with Crippen LogP contribution in [-0.2, 0) is 33.8 Å². The van der Waals surface area contributed by atoms with Crippen molar-refractivity contribution in [2.75, 3.05) is 14.2 Å². The molecule has 6 rings (SSSR count). The van der Waals surface area contributed by atoms with Gasteiger partial charge in [0, 0.05) is 0 Å². The van der Waals surface area contributed by atoms with Gasteiger partial charge in [0.05, 0.1) is 0 Å². The first-order valence-electron chi connectivity index (χ1n) is 12.1. The Kier molecular flexibility index (Phi) is 8.22. The molecule has 4 aromatic rings. The summed E-state index contributed by atoms with van der Waals surface area (Å²) >= 11 is -2.18. The topological polar surface area (TPSA) is 18.5 Å². The molecule has 4 aromatic carbocycles. The Morgan fingerprint density at radius 3 is 1.42 bits per heavy atom. The van der Waals surface area contributed by atoms with Crippen LogP contribution in [0.4, 0.5) is 0 Å². The molecule has 0 N–H and O–H groups in total. The van der Waals surface area contributed by atoms with Crippen molar-refractivity contribution in [3.05, 3.63) is 95.1 Å². The minimum atomic E-state index is -2.18. The van der Waals surface area contributed by atoms with Crippen molar-refractivity contribution in [2.24, 2.45) is 0 Å². The van der Waals surface area contributed by atoms with Crippen molar-refractivity contribution in [1.82, 2.24) is 0 Å². The van der Waals surface area contributed by atoms with Gasteiger partial charge in [-0.05, 0) is 0 Å². The minimum absolute atomic E-state index is 0. The average molecular weight is 612 g/mol. The molecule has 183 valence electrons. The number of fused-ring (bicyclic) bond motifs is 6. The number of rotatable bonds is 5. The number of ether oxygens (including phenoxy) is 2. The van der Waals surface area contributed by atoms with Gasteiger partial charge in [0.15, 0.2) is 0 Å². The molecule has 0 bridgehead atoms. The number of halogens is 2. The molecule has 0 aromatic heterocycles. The van der Waals surface area contributed by atoms with E-state index in [1.54, 1.807) is 20.8 Å². The molecule has 2 aliphatic carbocycles. The van der Waals surface area contributed by atoms with Crippen LogP contribution in [0.2, 0.25) is 13.1 Å². The summed E-state index contributed by atoms with van der Waals surface area (Å²) in [5.41, 5.74) is 11.3. The summed E-state index contributed by atoms with van der Waals surface area (Å²) in [4.78, 5) is 0. The second-order valence-electron chi connectivity index (χ2n) is 9.57. The third-order valence-corrected chi connectivity index (χ3v) is 26.0. The van der Waals surface area contributed by atoms with Crippen LogP contribution < -0.4 is 40.8 Å². The molecule has 0 spiro atoms. The Bertz CT molecular complexity index is 1330. The van der Waals surface area contributed by atoms with Crippen molar-refractivity contribution in [2.45, 2.75) is 25.9 Å². The summed E-state index contributed by atoms with van der Waals surface area (Å²) in [5.74, 6) is 1.10. The Morgan fingerprint density at radius 1 is 0.611 bits per heavy atom. The third kappa shape index (κ3) is 4.21. The first-order valence-corrected chi connectivity index (χ1v) is 21.7. The Balaban J connectivity index is 0.00000152. The third-order valence-electron chi connectivity index (χ3n) is 7.45. The van der Waals surface area contributed by atoms with E-state index < -0.39 is 26.8 Å². The predicted octanol–water partition coefficient (Wildman–Crippen LogP) is -0.593. The SMILES string of the molecule is COc1cc[c]([Zr+2]([c]2ccc(OC)c3c2Cc2ccccc2-3)[SiH](C)C)c2c1-c1ccccc1C2.[Cl-].[Cl-]. The Morgan fingerprint density at radius 2 is 1.03 bits per heavy atom. The molecule has 0 amide bonds. The summed E-state index contributed by atoms with van der Waals surface area (Å²) in [7, 11) is 3.61. The van der Waals surface area contributed by atoms with Gasteiger partial charge in [-0.2, -0.15) is 0 Å². The van der Waals surface area contributed by atoms with Crippen LogP contribution in [-0.4, -0.2) is 20.1 Å². The zero-order valence-corrected chi connectivity index (χ0v) is 26.1. The largest absolute Gasteiger partial charge is 1.00 e. The molecule has 0 saturated carbocycles. The van der Waals surface area contributed by atoms with Crippen molar-refractivity contribution in [3.8, 4) is 33.8 Å². The van der Waals surface area contributed by atoms with Crippen LogP contribution in [0.3, 0.4) is 0 Å². The van der Waals surface area contributed by atoms with Gasteiger partial charge in [0.1, 0.15) is 0 Å². The first kappa shape index (κ1) is 27.2. The Hall–Kier alpha value is -1.84. The smallest absolute Gasteiger partial charge is 1.00 e. The zero-order valence-electron chi connectivity index (χ0n) is 21.0. The molecule has 36 heavy (non-hydrogen) atoms. The van der Waals surface area contributed by atoms with E-state index in [4.69, 9.17) is 9.47 Å². The molecule has 0 heterocycles. The Labute approximate surface area is 235 Å². The molecule has 0 saturated heterocycles. The maximum Gasteiger partial charge on any atom is -1.00 e. The second-order valence-corrected chi connectivity index (χ2v) is 28.5. The molecule has 0 unspecified atom stereocenters. The molecule has 0 radical (unpaired) electrons. The van der Waals surface area contributed by atoms with Gasteiger partial charge in [-0.15, -0.1) is 0 Å². The van der Waals surface area contributed by atoms with Crippen LogP contribution in [0, 0.1) is 0 Å². The van der Waals surface area contributed by atoms with Gasteiger partial charge in [-0.1, -0.05) is 0 Å². The molecular weight excluding hydrogens is 583 g/mol. The van der Waals surface area contributed by atoms with Crippen LogP contribution in [0.5, 0.6) is 11.5 Å². The van der Waals surface area contributed by atoms with Crippen molar-refractivity contribution >= 4 is 12.5 Å². The van der Waals surface area contributed by atoms with E-state index in [0.717, 1.165) is 24.3 Å². The van der Waals surface area contributed by atoms with E-state index in [2.05, 4.69) is 85.9 Å². The number of hydrogen-bond acceptors (Lipinski definition) is 2. The minimum Gasteiger partial charge on any atom is -1.00 e. The zero-order chi connectivity index (χ0) is 23.4. The fourth-order valence-electron chi connectivity index (χ4n) is 6.04. The van der Waals surface area contributed by atoms with Gasteiger partial charge < -0.3 is 24.8 Å².